The summed E-state index contributed by atoms with van der Waals surface area (Å²) in [5.41, 5.74) is 4.20. The maximum absolute atomic E-state index is 13.5. The van der Waals surface area contributed by atoms with Crippen molar-refractivity contribution in [2.75, 3.05) is 84.3 Å². The minimum atomic E-state index is -0.283. The maximum atomic E-state index is 13.5. The quantitative estimate of drug-likeness (QED) is 0.118. The molecule has 0 radical (unpaired) electrons. The summed E-state index contributed by atoms with van der Waals surface area (Å²) in [4.78, 5) is 72.5. The van der Waals surface area contributed by atoms with E-state index in [0.717, 1.165) is 30.8 Å². The number of fused-ring (bicyclic) bond motifs is 4. The summed E-state index contributed by atoms with van der Waals surface area (Å²) >= 11 is 12.4. The maximum Gasteiger partial charge on any atom is 0.317 e. The van der Waals surface area contributed by atoms with E-state index in [0.29, 0.717) is 89.9 Å². The highest BCUT2D eigenvalue weighted by molar-refractivity contribution is 6.33. The van der Waals surface area contributed by atoms with Crippen molar-refractivity contribution < 1.29 is 42.2 Å². The highest BCUT2D eigenvalue weighted by Crippen LogP contribution is 2.34. The first-order chi connectivity index (χ1) is 34.5. The van der Waals surface area contributed by atoms with Gasteiger partial charge >= 0.3 is 6.03 Å². The Balaban J connectivity index is 0.000000213. The normalized spacial score (nSPS) is 19.9. The third-order valence-corrected chi connectivity index (χ3v) is 13.4. The van der Waals surface area contributed by atoms with Crippen LogP contribution in [0.25, 0.3) is 12.2 Å². The standard InChI is InChI=1S/C27H31ClFN5O4.C25H28ClFN4O3/c1-17(35)31-24-11-23(28)25(38-3)10-19(24)6-9-26(36)34-21-13-32(12-18-4-7-20(29)8-5-18)14-22(34)16-33(15-21)27(37)30-2;1-16(32)29-23-10-22(26)24(34-2)9-18(23)5-8-25(33)31-20-11-28-12-21(31)15-30(14-20)13-17-3-6-19(27)7-4-17/h4-11,21-22H,12-16H2,1-3H3,(H,30,37)(H,31,35);3-10,20-21,28H,11-15H2,1-2H3,(H,29,32)/b9-6+;8-5+. The van der Waals surface area contributed by atoms with Crippen LogP contribution in [0.3, 0.4) is 0 Å². The number of anilines is 2. The molecule has 4 aliphatic heterocycles. The van der Waals surface area contributed by atoms with Crippen LogP contribution < -0.4 is 30.7 Å². The highest BCUT2D eigenvalue weighted by Gasteiger charge is 2.43. The summed E-state index contributed by atoms with van der Waals surface area (Å²) in [5.74, 6) is -0.436. The summed E-state index contributed by atoms with van der Waals surface area (Å²) in [6.45, 7) is 8.93. The molecule has 4 heterocycles. The van der Waals surface area contributed by atoms with Gasteiger partial charge in [-0.3, -0.25) is 29.0 Å². The fourth-order valence-corrected chi connectivity index (χ4v) is 10.2. The zero-order valence-electron chi connectivity index (χ0n) is 40.7. The van der Waals surface area contributed by atoms with Crippen LogP contribution in [0.1, 0.15) is 36.1 Å². The number of methoxy groups -OCH3 is 2. The number of hydrogen-bond acceptors (Lipinski definition) is 10. The Bertz CT molecular complexity index is 2660. The lowest BCUT2D eigenvalue weighted by molar-refractivity contribution is -0.139. The smallest absolute Gasteiger partial charge is 0.317 e. The van der Waals surface area contributed by atoms with Gasteiger partial charge in [0.25, 0.3) is 0 Å². The molecule has 20 heteroatoms. The third kappa shape index (κ3) is 13.5. The molecule has 4 N–H and O–H groups in total. The number of rotatable bonds is 12. The second-order valence-corrected chi connectivity index (χ2v) is 18.9. The minimum Gasteiger partial charge on any atom is -0.495 e. The number of halogens is 4. The molecule has 72 heavy (non-hydrogen) atoms. The van der Waals surface area contributed by atoms with Gasteiger partial charge in [0, 0.05) is 121 Å². The first kappa shape index (κ1) is 53.2. The molecule has 4 unspecified atom stereocenters. The highest BCUT2D eigenvalue weighted by atomic mass is 35.5. The van der Waals surface area contributed by atoms with E-state index >= 15 is 0 Å². The van der Waals surface area contributed by atoms with Crippen molar-refractivity contribution in [3.63, 3.8) is 0 Å². The van der Waals surface area contributed by atoms with E-state index in [1.807, 2.05) is 9.80 Å². The predicted octanol–water partition coefficient (Wildman–Crippen LogP) is 6.34. The Labute approximate surface area is 427 Å². The number of carbonyl (C=O) groups is 5. The van der Waals surface area contributed by atoms with Gasteiger partial charge in [0.15, 0.2) is 0 Å². The Hall–Kier alpha value is -6.57. The van der Waals surface area contributed by atoms with Crippen LogP contribution in [0.15, 0.2) is 84.9 Å². The van der Waals surface area contributed by atoms with Gasteiger partial charge in [0.05, 0.1) is 48.4 Å². The van der Waals surface area contributed by atoms with Crippen molar-refractivity contribution in [1.29, 1.82) is 0 Å². The van der Waals surface area contributed by atoms with Crippen molar-refractivity contribution >= 4 is 76.4 Å². The average Bonchev–Trinajstić information content (AvgIpc) is 3.33. The van der Waals surface area contributed by atoms with Gasteiger partial charge in [-0.25, -0.2) is 13.6 Å². The monoisotopic (exact) mass is 1030 g/mol. The molecule has 4 bridgehead atoms. The van der Waals surface area contributed by atoms with Crippen LogP contribution in [0, 0.1) is 11.6 Å². The number of carbonyl (C=O) groups excluding carboxylic acids is 5. The van der Waals surface area contributed by atoms with Gasteiger partial charge in [-0.15, -0.1) is 0 Å². The fraction of sp³-hybridized carbons (Fsp3) is 0.365. The molecule has 4 aliphatic rings. The predicted molar refractivity (Wildman–Crippen MR) is 274 cm³/mol. The first-order valence-corrected chi connectivity index (χ1v) is 24.2. The molecule has 4 atom stereocenters. The van der Waals surface area contributed by atoms with Crippen LogP contribution in [-0.4, -0.2) is 152 Å². The topological polar surface area (TPSA) is 168 Å². The minimum absolute atomic E-state index is 0.0275. The van der Waals surface area contributed by atoms with Gasteiger partial charge in [-0.05, 0) is 71.8 Å². The molecule has 382 valence electrons. The molecule has 6 amide bonds. The van der Waals surface area contributed by atoms with Gasteiger partial charge in [0.2, 0.25) is 23.6 Å². The second-order valence-electron chi connectivity index (χ2n) is 18.0. The van der Waals surface area contributed by atoms with Gasteiger partial charge < -0.3 is 45.4 Å². The number of benzene rings is 4. The Morgan fingerprint density at radius 2 is 1.01 bits per heavy atom. The van der Waals surface area contributed by atoms with E-state index in [-0.39, 0.29) is 65.5 Å². The molecule has 8 rings (SSSR count). The van der Waals surface area contributed by atoms with Gasteiger partial charge in [0.1, 0.15) is 23.1 Å². The summed E-state index contributed by atoms with van der Waals surface area (Å²) in [7, 11) is 4.59. The van der Waals surface area contributed by atoms with Crippen molar-refractivity contribution in [3.05, 3.63) is 129 Å². The first-order valence-electron chi connectivity index (χ1n) is 23.4. The van der Waals surface area contributed by atoms with E-state index in [1.165, 1.54) is 64.5 Å². The lowest BCUT2D eigenvalue weighted by Gasteiger charge is -2.52. The molecule has 0 saturated carbocycles. The Kier molecular flexibility index (Phi) is 17.9. The third-order valence-electron chi connectivity index (χ3n) is 12.8. The molecule has 0 spiro atoms. The van der Waals surface area contributed by atoms with Crippen LogP contribution in [0.2, 0.25) is 10.0 Å². The molecular formula is C52H59Cl2F2N9O7. The van der Waals surface area contributed by atoms with E-state index in [2.05, 4.69) is 31.1 Å². The molecule has 4 aromatic rings. The average molecular weight is 1030 g/mol. The summed E-state index contributed by atoms with van der Waals surface area (Å²) < 4.78 is 37.2. The van der Waals surface area contributed by atoms with E-state index in [4.69, 9.17) is 32.7 Å². The molecule has 0 aromatic heterocycles. The SMILES string of the molecule is CNC(=O)N1CC2CN(Cc3ccc(F)cc3)CC(C1)N2C(=O)/C=C/c1cc(OC)c(Cl)cc1NC(C)=O.COc1cc(/C=C/C(=O)N2C3CNCC2CN(Cc2ccc(F)cc2)C3)c(NC(C)=O)cc1Cl. The lowest BCUT2D eigenvalue weighted by Crippen LogP contribution is -2.70. The van der Waals surface area contributed by atoms with Crippen molar-refractivity contribution in [2.24, 2.45) is 0 Å². The number of nitrogens with zero attached hydrogens (tertiary/aromatic N) is 5. The van der Waals surface area contributed by atoms with E-state index < -0.39 is 0 Å². The van der Waals surface area contributed by atoms with Crippen LogP contribution in [0.4, 0.5) is 25.0 Å². The Morgan fingerprint density at radius 1 is 0.625 bits per heavy atom. The van der Waals surface area contributed by atoms with Gasteiger partial charge in [-0.1, -0.05) is 47.5 Å². The summed E-state index contributed by atoms with van der Waals surface area (Å²) in [6.07, 6.45) is 6.32. The molecule has 0 aliphatic carbocycles. The number of amides is 6. The van der Waals surface area contributed by atoms with E-state index in [1.54, 1.807) is 72.6 Å². The van der Waals surface area contributed by atoms with Crippen molar-refractivity contribution in [2.45, 2.75) is 51.1 Å². The summed E-state index contributed by atoms with van der Waals surface area (Å²) in [5, 5.41) is 12.3. The molecule has 4 fully saturated rings. The van der Waals surface area contributed by atoms with Crippen LogP contribution in [0.5, 0.6) is 11.5 Å². The Morgan fingerprint density at radius 3 is 1.39 bits per heavy atom. The zero-order valence-corrected chi connectivity index (χ0v) is 42.2. The molecule has 4 aromatic carbocycles. The summed E-state index contributed by atoms with van der Waals surface area (Å²) in [6, 6.07) is 18.9. The van der Waals surface area contributed by atoms with Gasteiger partial charge in [-0.2, -0.15) is 0 Å². The number of piperazine rings is 4. The van der Waals surface area contributed by atoms with Crippen LogP contribution >= 0.6 is 23.2 Å². The second kappa shape index (κ2) is 24.2. The molecule has 16 nitrogen and oxygen atoms in total. The number of hydrogen-bond donors (Lipinski definition) is 4. The van der Waals surface area contributed by atoms with Crippen molar-refractivity contribution in [1.82, 2.24) is 35.1 Å². The number of ether oxygens (including phenoxy) is 2. The number of nitrogens with one attached hydrogen (secondary N) is 4. The fourth-order valence-electron chi connectivity index (χ4n) is 9.72. The molecule has 4 saturated heterocycles. The largest absolute Gasteiger partial charge is 0.495 e. The molecular weight excluding hydrogens is 972 g/mol. The number of urea groups is 1. The zero-order chi connectivity index (χ0) is 51.6. The van der Waals surface area contributed by atoms with E-state index in [9.17, 15) is 32.8 Å². The van der Waals surface area contributed by atoms with Crippen molar-refractivity contribution in [3.8, 4) is 11.5 Å². The van der Waals surface area contributed by atoms with Crippen LogP contribution in [-0.2, 0) is 32.3 Å². The lowest BCUT2D eigenvalue weighted by atomic mass is 9.99.